The lowest BCUT2D eigenvalue weighted by Crippen LogP contribution is -1.86. The fourth-order valence-electron chi connectivity index (χ4n) is 1.93. The van der Waals surface area contributed by atoms with E-state index in [4.69, 9.17) is 0 Å². The van der Waals surface area contributed by atoms with E-state index in [1.807, 2.05) is 24.3 Å². The summed E-state index contributed by atoms with van der Waals surface area (Å²) in [5, 5.41) is 0. The molecular weight excluding hydrogens is 239 g/mol. The van der Waals surface area contributed by atoms with Gasteiger partial charge in [0.15, 0.2) is 0 Å². The lowest BCUT2D eigenvalue weighted by molar-refractivity contribution is 0.628. The zero-order valence-electron chi connectivity index (χ0n) is 10.1. The molecule has 0 aliphatic carbocycles. The van der Waals surface area contributed by atoms with Crippen LogP contribution in [0.3, 0.4) is 0 Å². The average Bonchev–Trinajstić information content (AvgIpc) is 2.49. The van der Waals surface area contributed by atoms with Crippen LogP contribution >= 0.6 is 0 Å². The first-order valence-electron chi connectivity index (χ1n) is 5.95. The third-order valence-corrected chi connectivity index (χ3v) is 2.91. The minimum absolute atomic E-state index is 0.242. The van der Waals surface area contributed by atoms with Gasteiger partial charge in [-0.2, -0.15) is 0 Å². The van der Waals surface area contributed by atoms with Crippen LogP contribution in [0.4, 0.5) is 4.39 Å². The minimum atomic E-state index is -0.242. The largest absolute Gasteiger partial charge is 0.265 e. The molecule has 2 aromatic heterocycles. The average molecular weight is 250 g/mol. The quantitative estimate of drug-likeness (QED) is 0.688. The SMILES string of the molecule is Fc1ccc(-c2cc(-c3ccncc3)ccn2)cc1. The van der Waals surface area contributed by atoms with Crippen LogP contribution in [-0.4, -0.2) is 9.97 Å². The Morgan fingerprint density at radius 3 is 2.11 bits per heavy atom. The molecule has 1 aromatic carbocycles. The molecular formula is C16H11FN2. The predicted molar refractivity (Wildman–Crippen MR) is 72.9 cm³/mol. The topological polar surface area (TPSA) is 25.8 Å². The number of aromatic nitrogens is 2. The second kappa shape index (κ2) is 4.98. The van der Waals surface area contributed by atoms with Gasteiger partial charge in [-0.3, -0.25) is 9.97 Å². The van der Waals surface area contributed by atoms with E-state index in [9.17, 15) is 4.39 Å². The summed E-state index contributed by atoms with van der Waals surface area (Å²) in [7, 11) is 0. The standard InChI is InChI=1S/C16H11FN2/c17-15-3-1-13(2-4-15)16-11-14(7-10-19-16)12-5-8-18-9-6-12/h1-11H. The van der Waals surface area contributed by atoms with Gasteiger partial charge in [0.2, 0.25) is 0 Å². The van der Waals surface area contributed by atoms with E-state index < -0.39 is 0 Å². The van der Waals surface area contributed by atoms with Crippen molar-refractivity contribution >= 4 is 0 Å². The third kappa shape index (κ3) is 2.50. The first-order valence-corrected chi connectivity index (χ1v) is 5.95. The Morgan fingerprint density at radius 2 is 1.37 bits per heavy atom. The predicted octanol–water partition coefficient (Wildman–Crippen LogP) is 3.95. The molecule has 0 saturated carbocycles. The fourth-order valence-corrected chi connectivity index (χ4v) is 1.93. The van der Waals surface area contributed by atoms with Gasteiger partial charge in [-0.15, -0.1) is 0 Å². The molecule has 0 N–H and O–H groups in total. The van der Waals surface area contributed by atoms with E-state index in [0.29, 0.717) is 0 Å². The Bertz CT molecular complexity index is 679. The summed E-state index contributed by atoms with van der Waals surface area (Å²) in [6.07, 6.45) is 5.27. The second-order valence-electron chi connectivity index (χ2n) is 4.17. The van der Waals surface area contributed by atoms with Crippen LogP contribution in [0.5, 0.6) is 0 Å². The van der Waals surface area contributed by atoms with Gasteiger partial charge < -0.3 is 0 Å². The summed E-state index contributed by atoms with van der Waals surface area (Å²) in [6.45, 7) is 0. The van der Waals surface area contributed by atoms with Crippen molar-refractivity contribution in [3.8, 4) is 22.4 Å². The summed E-state index contributed by atoms with van der Waals surface area (Å²) in [5.41, 5.74) is 3.88. The first-order chi connectivity index (χ1) is 9.33. The maximum Gasteiger partial charge on any atom is 0.123 e. The molecule has 0 atom stereocenters. The fraction of sp³-hybridized carbons (Fsp3) is 0. The van der Waals surface area contributed by atoms with Crippen LogP contribution in [0, 0.1) is 5.82 Å². The van der Waals surface area contributed by atoms with Gasteiger partial charge in [-0.05, 0) is 59.7 Å². The molecule has 0 fully saturated rings. The van der Waals surface area contributed by atoms with E-state index in [1.165, 1.54) is 12.1 Å². The van der Waals surface area contributed by atoms with E-state index in [1.54, 1.807) is 30.7 Å². The molecule has 3 aromatic rings. The van der Waals surface area contributed by atoms with Crippen LogP contribution in [-0.2, 0) is 0 Å². The Kier molecular flexibility index (Phi) is 3.02. The Balaban J connectivity index is 2.03. The number of nitrogens with zero attached hydrogens (tertiary/aromatic N) is 2. The van der Waals surface area contributed by atoms with Crippen molar-refractivity contribution in [1.82, 2.24) is 9.97 Å². The van der Waals surface area contributed by atoms with Crippen molar-refractivity contribution in [2.45, 2.75) is 0 Å². The van der Waals surface area contributed by atoms with E-state index in [0.717, 1.165) is 22.4 Å². The van der Waals surface area contributed by atoms with Gasteiger partial charge in [0.1, 0.15) is 5.82 Å². The number of hydrogen-bond donors (Lipinski definition) is 0. The second-order valence-corrected chi connectivity index (χ2v) is 4.17. The number of pyridine rings is 2. The zero-order chi connectivity index (χ0) is 13.1. The number of hydrogen-bond acceptors (Lipinski definition) is 2. The maximum absolute atomic E-state index is 12.9. The van der Waals surface area contributed by atoms with Crippen LogP contribution in [0.25, 0.3) is 22.4 Å². The maximum atomic E-state index is 12.9. The van der Waals surface area contributed by atoms with Gasteiger partial charge in [-0.25, -0.2) is 4.39 Å². The van der Waals surface area contributed by atoms with Crippen molar-refractivity contribution in [1.29, 1.82) is 0 Å². The summed E-state index contributed by atoms with van der Waals surface area (Å²) in [5.74, 6) is -0.242. The number of rotatable bonds is 2. The van der Waals surface area contributed by atoms with Gasteiger partial charge in [-0.1, -0.05) is 0 Å². The van der Waals surface area contributed by atoms with Gasteiger partial charge in [0, 0.05) is 24.2 Å². The monoisotopic (exact) mass is 250 g/mol. The van der Waals surface area contributed by atoms with Crippen molar-refractivity contribution in [2.24, 2.45) is 0 Å². The Labute approximate surface area is 110 Å². The molecule has 0 unspecified atom stereocenters. The van der Waals surface area contributed by atoms with Crippen molar-refractivity contribution in [2.75, 3.05) is 0 Å². The minimum Gasteiger partial charge on any atom is -0.265 e. The Hall–Kier alpha value is -2.55. The summed E-state index contributed by atoms with van der Waals surface area (Å²) in [4.78, 5) is 8.33. The molecule has 0 amide bonds. The number of halogens is 1. The molecule has 0 spiro atoms. The molecule has 0 radical (unpaired) electrons. The van der Waals surface area contributed by atoms with E-state index in [-0.39, 0.29) is 5.82 Å². The van der Waals surface area contributed by atoms with Crippen molar-refractivity contribution in [3.05, 3.63) is 72.9 Å². The molecule has 0 bridgehead atoms. The van der Waals surface area contributed by atoms with Gasteiger partial charge in [0.25, 0.3) is 0 Å². The molecule has 2 nitrogen and oxygen atoms in total. The molecule has 0 aliphatic heterocycles. The van der Waals surface area contributed by atoms with E-state index >= 15 is 0 Å². The highest BCUT2D eigenvalue weighted by atomic mass is 19.1. The van der Waals surface area contributed by atoms with E-state index in [2.05, 4.69) is 9.97 Å². The molecule has 19 heavy (non-hydrogen) atoms. The highest BCUT2D eigenvalue weighted by Crippen LogP contribution is 2.24. The Morgan fingerprint density at radius 1 is 0.684 bits per heavy atom. The smallest absolute Gasteiger partial charge is 0.123 e. The summed E-state index contributed by atoms with van der Waals surface area (Å²) >= 11 is 0. The van der Waals surface area contributed by atoms with Crippen LogP contribution in [0.15, 0.2) is 67.1 Å². The highest BCUT2D eigenvalue weighted by Gasteiger charge is 2.02. The first kappa shape index (κ1) is 11.5. The summed E-state index contributed by atoms with van der Waals surface area (Å²) < 4.78 is 12.9. The zero-order valence-corrected chi connectivity index (χ0v) is 10.1. The van der Waals surface area contributed by atoms with Gasteiger partial charge >= 0.3 is 0 Å². The van der Waals surface area contributed by atoms with Crippen molar-refractivity contribution < 1.29 is 4.39 Å². The molecule has 0 aliphatic rings. The molecule has 3 heteroatoms. The molecule has 3 rings (SSSR count). The lowest BCUT2D eigenvalue weighted by Gasteiger charge is -2.05. The summed E-state index contributed by atoms with van der Waals surface area (Å²) in [6, 6.07) is 14.2. The van der Waals surface area contributed by atoms with Gasteiger partial charge in [0.05, 0.1) is 5.69 Å². The van der Waals surface area contributed by atoms with Crippen LogP contribution < -0.4 is 0 Å². The molecule has 2 heterocycles. The molecule has 0 saturated heterocycles. The lowest BCUT2D eigenvalue weighted by atomic mass is 10.0. The normalized spacial score (nSPS) is 10.4. The molecule has 92 valence electrons. The van der Waals surface area contributed by atoms with Crippen molar-refractivity contribution in [3.63, 3.8) is 0 Å². The van der Waals surface area contributed by atoms with Crippen LogP contribution in [0.2, 0.25) is 0 Å². The highest BCUT2D eigenvalue weighted by molar-refractivity contribution is 5.69. The third-order valence-electron chi connectivity index (χ3n) is 2.91. The van der Waals surface area contributed by atoms with Crippen LogP contribution in [0.1, 0.15) is 0 Å². The number of benzene rings is 1.